The fourth-order valence-corrected chi connectivity index (χ4v) is 2.87. The predicted molar refractivity (Wildman–Crippen MR) is 85.1 cm³/mol. The summed E-state index contributed by atoms with van der Waals surface area (Å²) in [7, 11) is 0. The molecule has 0 saturated carbocycles. The van der Waals surface area contributed by atoms with Crippen molar-refractivity contribution in [3.8, 4) is 0 Å². The molecule has 0 unspecified atom stereocenters. The first-order valence-corrected chi connectivity index (χ1v) is 7.42. The van der Waals surface area contributed by atoms with Gasteiger partial charge >= 0.3 is 0 Å². The molecule has 2 aromatic carbocycles. The number of nitrogens with zero attached hydrogens (tertiary/aromatic N) is 1. The highest BCUT2D eigenvalue weighted by molar-refractivity contribution is 6.08. The summed E-state index contributed by atoms with van der Waals surface area (Å²) < 4.78 is 8.03. The van der Waals surface area contributed by atoms with E-state index in [1.165, 1.54) is 27.4 Å². The van der Waals surface area contributed by atoms with Crippen LogP contribution in [0.3, 0.4) is 0 Å². The number of para-hydroxylation sites is 1. The molecule has 0 radical (unpaired) electrons. The van der Waals surface area contributed by atoms with Gasteiger partial charge in [-0.1, -0.05) is 31.2 Å². The first kappa shape index (κ1) is 13.2. The molecule has 0 fully saturated rings. The molecule has 104 valence electrons. The molecule has 0 spiro atoms. The van der Waals surface area contributed by atoms with Gasteiger partial charge in [0.25, 0.3) is 0 Å². The zero-order valence-corrected chi connectivity index (χ0v) is 12.2. The van der Waals surface area contributed by atoms with Crippen molar-refractivity contribution in [3.05, 3.63) is 48.0 Å². The van der Waals surface area contributed by atoms with Gasteiger partial charge in [0.15, 0.2) is 0 Å². The highest BCUT2D eigenvalue weighted by atomic mass is 16.5. The van der Waals surface area contributed by atoms with E-state index in [2.05, 4.69) is 60.9 Å². The van der Waals surface area contributed by atoms with E-state index in [-0.39, 0.29) is 0 Å². The van der Waals surface area contributed by atoms with E-state index in [4.69, 9.17) is 4.74 Å². The summed E-state index contributed by atoms with van der Waals surface area (Å²) in [6.45, 7) is 6.86. The normalized spacial score (nSPS) is 11.5. The first-order chi connectivity index (χ1) is 9.85. The van der Waals surface area contributed by atoms with E-state index in [1.54, 1.807) is 0 Å². The van der Waals surface area contributed by atoms with Crippen molar-refractivity contribution in [3.63, 3.8) is 0 Å². The third-order valence-corrected chi connectivity index (χ3v) is 3.77. The number of hydrogen-bond donors (Lipinski definition) is 0. The minimum absolute atomic E-state index is 0.704. The Morgan fingerprint density at radius 1 is 0.950 bits per heavy atom. The van der Waals surface area contributed by atoms with Crippen LogP contribution < -0.4 is 0 Å². The zero-order chi connectivity index (χ0) is 13.9. The SMILES string of the molecule is CCCOCc1ccc2c(c1)c1ccccc1n2CC. The summed E-state index contributed by atoms with van der Waals surface area (Å²) >= 11 is 0. The molecule has 0 atom stereocenters. The second kappa shape index (κ2) is 5.68. The van der Waals surface area contributed by atoms with Gasteiger partial charge in [0.2, 0.25) is 0 Å². The lowest BCUT2D eigenvalue weighted by atomic mass is 10.1. The Balaban J connectivity index is 2.11. The van der Waals surface area contributed by atoms with E-state index in [1.807, 2.05) is 0 Å². The van der Waals surface area contributed by atoms with Crippen molar-refractivity contribution in [2.75, 3.05) is 6.61 Å². The molecule has 0 aliphatic rings. The molecule has 2 nitrogen and oxygen atoms in total. The van der Waals surface area contributed by atoms with E-state index in [0.717, 1.165) is 19.6 Å². The van der Waals surface area contributed by atoms with Crippen LogP contribution in [0.4, 0.5) is 0 Å². The summed E-state index contributed by atoms with van der Waals surface area (Å²) in [5.41, 5.74) is 3.88. The molecule has 1 aromatic heterocycles. The van der Waals surface area contributed by atoms with Gasteiger partial charge in [-0.15, -0.1) is 0 Å². The predicted octanol–water partition coefficient (Wildman–Crippen LogP) is 4.74. The molecule has 2 heteroatoms. The molecule has 20 heavy (non-hydrogen) atoms. The van der Waals surface area contributed by atoms with Gasteiger partial charge in [-0.2, -0.15) is 0 Å². The van der Waals surface area contributed by atoms with Crippen LogP contribution in [-0.2, 0) is 17.9 Å². The van der Waals surface area contributed by atoms with Crippen molar-refractivity contribution in [2.24, 2.45) is 0 Å². The number of fused-ring (bicyclic) bond motifs is 3. The lowest BCUT2D eigenvalue weighted by Crippen LogP contribution is -1.95. The largest absolute Gasteiger partial charge is 0.377 e. The molecule has 0 bridgehead atoms. The van der Waals surface area contributed by atoms with Gasteiger partial charge < -0.3 is 9.30 Å². The average molecular weight is 267 g/mol. The van der Waals surface area contributed by atoms with Gasteiger partial charge in [-0.3, -0.25) is 0 Å². The molecule has 0 N–H and O–H groups in total. The third-order valence-electron chi connectivity index (χ3n) is 3.77. The molecule has 0 saturated heterocycles. The van der Waals surface area contributed by atoms with Crippen molar-refractivity contribution in [1.82, 2.24) is 4.57 Å². The Kier molecular flexibility index (Phi) is 3.75. The topological polar surface area (TPSA) is 14.2 Å². The molecule has 0 aliphatic heterocycles. The highest BCUT2D eigenvalue weighted by Gasteiger charge is 2.09. The van der Waals surface area contributed by atoms with Crippen LogP contribution in [0.5, 0.6) is 0 Å². The Hall–Kier alpha value is -1.80. The van der Waals surface area contributed by atoms with Gasteiger partial charge in [-0.25, -0.2) is 0 Å². The maximum absolute atomic E-state index is 5.66. The number of hydrogen-bond acceptors (Lipinski definition) is 1. The van der Waals surface area contributed by atoms with Gasteiger partial charge in [0, 0.05) is 35.0 Å². The first-order valence-electron chi connectivity index (χ1n) is 7.42. The second-order valence-corrected chi connectivity index (χ2v) is 5.17. The number of rotatable bonds is 5. The van der Waals surface area contributed by atoms with Crippen LogP contribution in [0.1, 0.15) is 25.8 Å². The lowest BCUT2D eigenvalue weighted by molar-refractivity contribution is 0.121. The Bertz CT molecular complexity index is 727. The van der Waals surface area contributed by atoms with Crippen LogP contribution in [0, 0.1) is 0 Å². The number of benzene rings is 2. The molecule has 0 amide bonds. The van der Waals surface area contributed by atoms with E-state index in [9.17, 15) is 0 Å². The molecule has 3 aromatic rings. The summed E-state index contributed by atoms with van der Waals surface area (Å²) in [4.78, 5) is 0. The zero-order valence-electron chi connectivity index (χ0n) is 12.2. The van der Waals surface area contributed by atoms with Crippen LogP contribution >= 0.6 is 0 Å². The van der Waals surface area contributed by atoms with Crippen molar-refractivity contribution in [2.45, 2.75) is 33.4 Å². The Morgan fingerprint density at radius 3 is 2.55 bits per heavy atom. The maximum Gasteiger partial charge on any atom is 0.0717 e. The quantitative estimate of drug-likeness (QED) is 0.609. The molecule has 1 heterocycles. The van der Waals surface area contributed by atoms with Crippen LogP contribution in [0.2, 0.25) is 0 Å². The molecular formula is C18H21NO. The minimum atomic E-state index is 0.704. The standard InChI is InChI=1S/C18H21NO/c1-3-11-20-13-14-9-10-18-16(12-14)15-7-5-6-8-17(15)19(18)4-2/h5-10,12H,3-4,11,13H2,1-2H3. The highest BCUT2D eigenvalue weighted by Crippen LogP contribution is 2.29. The van der Waals surface area contributed by atoms with Crippen molar-refractivity contribution in [1.29, 1.82) is 0 Å². The number of ether oxygens (including phenoxy) is 1. The lowest BCUT2D eigenvalue weighted by Gasteiger charge is -2.05. The van der Waals surface area contributed by atoms with E-state index < -0.39 is 0 Å². The fraction of sp³-hybridized carbons (Fsp3) is 0.333. The number of aromatic nitrogens is 1. The smallest absolute Gasteiger partial charge is 0.0717 e. The van der Waals surface area contributed by atoms with Gasteiger partial charge in [0.05, 0.1) is 6.61 Å². The average Bonchev–Trinajstić information content (AvgIpc) is 2.81. The second-order valence-electron chi connectivity index (χ2n) is 5.17. The summed E-state index contributed by atoms with van der Waals surface area (Å²) in [6, 6.07) is 15.3. The van der Waals surface area contributed by atoms with Crippen molar-refractivity contribution < 1.29 is 4.74 Å². The summed E-state index contributed by atoms with van der Waals surface area (Å²) in [5.74, 6) is 0. The van der Waals surface area contributed by atoms with Crippen molar-refractivity contribution >= 4 is 21.8 Å². The van der Waals surface area contributed by atoms with E-state index >= 15 is 0 Å². The third kappa shape index (κ3) is 2.20. The summed E-state index contributed by atoms with van der Waals surface area (Å²) in [6.07, 6.45) is 1.07. The van der Waals surface area contributed by atoms with Crippen LogP contribution in [-0.4, -0.2) is 11.2 Å². The van der Waals surface area contributed by atoms with Gasteiger partial charge in [0.1, 0.15) is 0 Å². The fourth-order valence-electron chi connectivity index (χ4n) is 2.87. The Morgan fingerprint density at radius 2 is 1.75 bits per heavy atom. The van der Waals surface area contributed by atoms with Crippen LogP contribution in [0.25, 0.3) is 21.8 Å². The monoisotopic (exact) mass is 267 g/mol. The number of aryl methyl sites for hydroxylation is 1. The summed E-state index contributed by atoms with van der Waals surface area (Å²) in [5, 5.41) is 2.67. The molecular weight excluding hydrogens is 246 g/mol. The van der Waals surface area contributed by atoms with Crippen LogP contribution in [0.15, 0.2) is 42.5 Å². The maximum atomic E-state index is 5.66. The molecule has 3 rings (SSSR count). The Labute approximate surface area is 120 Å². The van der Waals surface area contributed by atoms with E-state index in [0.29, 0.717) is 6.61 Å². The molecule has 0 aliphatic carbocycles. The minimum Gasteiger partial charge on any atom is -0.377 e. The van der Waals surface area contributed by atoms with Gasteiger partial charge in [-0.05, 0) is 37.1 Å².